The molecule has 2 heterocycles. The summed E-state index contributed by atoms with van der Waals surface area (Å²) in [6.45, 7) is 5.88. The summed E-state index contributed by atoms with van der Waals surface area (Å²) in [4.78, 5) is 13.0. The minimum absolute atomic E-state index is 0.177. The second kappa shape index (κ2) is 9.51. The highest BCUT2D eigenvalue weighted by Crippen LogP contribution is 2.42. The van der Waals surface area contributed by atoms with E-state index in [0.717, 1.165) is 36.4 Å². The normalized spacial score (nSPS) is 20.7. The van der Waals surface area contributed by atoms with Gasteiger partial charge in [-0.15, -0.1) is 0 Å². The number of hydrogen-bond donors (Lipinski definition) is 2. The zero-order valence-electron chi connectivity index (χ0n) is 20.3. The van der Waals surface area contributed by atoms with Crippen molar-refractivity contribution in [1.82, 2.24) is 15.1 Å². The molecule has 2 N–H and O–H groups in total. The van der Waals surface area contributed by atoms with Crippen molar-refractivity contribution in [1.29, 1.82) is 0 Å². The van der Waals surface area contributed by atoms with Gasteiger partial charge in [0.1, 0.15) is 0 Å². The topological polar surface area (TPSA) is 59.0 Å². The van der Waals surface area contributed by atoms with Crippen LogP contribution in [-0.4, -0.2) is 21.7 Å². The largest absolute Gasteiger partial charge is 0.416 e. The fourth-order valence-corrected chi connectivity index (χ4v) is 4.38. The molecule has 1 aromatic heterocycles. The standard InChI is InChI=1S/C26H26F6N4O/c1-24(2,3)36-12-11-20(35-36)19-14-21(23(37)33-18-9-7-16(8-10-18)25(27,28)29)34-22(19)15-5-4-6-17(13-15)26(30,31)32/h4-13,19,21-22,34H,14H2,1-3H3,(H,33,37)/t19-,21-,22-/m0/s1. The molecular formula is C26H26F6N4O. The van der Waals surface area contributed by atoms with Crippen LogP contribution in [0.3, 0.4) is 0 Å². The third-order valence-electron chi connectivity index (χ3n) is 6.32. The highest BCUT2D eigenvalue weighted by molar-refractivity contribution is 5.95. The second-order valence-electron chi connectivity index (χ2n) is 10.1. The van der Waals surface area contributed by atoms with Gasteiger partial charge in [-0.2, -0.15) is 31.4 Å². The molecule has 3 atom stereocenters. The zero-order valence-corrected chi connectivity index (χ0v) is 20.3. The lowest BCUT2D eigenvalue weighted by molar-refractivity contribution is -0.138. The van der Waals surface area contributed by atoms with Crippen molar-refractivity contribution in [2.75, 3.05) is 5.32 Å². The Balaban J connectivity index is 1.61. The van der Waals surface area contributed by atoms with E-state index >= 15 is 0 Å². The number of carbonyl (C=O) groups excluding carboxylic acids is 1. The summed E-state index contributed by atoms with van der Waals surface area (Å²) < 4.78 is 80.4. The maximum absolute atomic E-state index is 13.4. The first-order valence-corrected chi connectivity index (χ1v) is 11.6. The van der Waals surface area contributed by atoms with Gasteiger partial charge < -0.3 is 5.32 Å². The molecular weight excluding hydrogens is 498 g/mol. The van der Waals surface area contributed by atoms with Crippen molar-refractivity contribution in [3.8, 4) is 0 Å². The first-order valence-electron chi connectivity index (χ1n) is 11.6. The van der Waals surface area contributed by atoms with E-state index in [1.54, 1.807) is 23.0 Å². The lowest BCUT2D eigenvalue weighted by atomic mass is 9.90. The molecule has 0 spiro atoms. The lowest BCUT2D eigenvalue weighted by Gasteiger charge is -2.21. The van der Waals surface area contributed by atoms with Crippen molar-refractivity contribution >= 4 is 11.6 Å². The monoisotopic (exact) mass is 524 g/mol. The van der Waals surface area contributed by atoms with Gasteiger partial charge in [-0.1, -0.05) is 12.1 Å². The Kier molecular flexibility index (Phi) is 6.87. The Morgan fingerprint density at radius 1 is 0.946 bits per heavy atom. The minimum Gasteiger partial charge on any atom is -0.325 e. The summed E-state index contributed by atoms with van der Waals surface area (Å²) in [5.41, 5.74) is -0.817. The molecule has 0 unspecified atom stereocenters. The third-order valence-corrected chi connectivity index (χ3v) is 6.32. The summed E-state index contributed by atoms with van der Waals surface area (Å²) in [5, 5.41) is 10.4. The molecule has 0 saturated carbocycles. The zero-order chi connectivity index (χ0) is 27.2. The van der Waals surface area contributed by atoms with Crippen LogP contribution >= 0.6 is 0 Å². The maximum atomic E-state index is 13.4. The number of anilines is 1. The lowest BCUT2D eigenvalue weighted by Crippen LogP contribution is -2.36. The van der Waals surface area contributed by atoms with Gasteiger partial charge in [0.25, 0.3) is 0 Å². The number of nitrogens with zero attached hydrogens (tertiary/aromatic N) is 2. The molecule has 1 amide bonds. The summed E-state index contributed by atoms with van der Waals surface area (Å²) in [6, 6.07) is 9.30. The Morgan fingerprint density at radius 3 is 2.16 bits per heavy atom. The van der Waals surface area contributed by atoms with E-state index in [1.807, 2.05) is 20.8 Å². The molecule has 198 valence electrons. The van der Waals surface area contributed by atoms with E-state index in [2.05, 4.69) is 15.7 Å². The van der Waals surface area contributed by atoms with E-state index in [1.165, 1.54) is 6.07 Å². The molecule has 5 nitrogen and oxygen atoms in total. The average molecular weight is 525 g/mol. The summed E-state index contributed by atoms with van der Waals surface area (Å²) in [7, 11) is 0. The number of nitrogens with one attached hydrogen (secondary N) is 2. The van der Waals surface area contributed by atoms with Crippen molar-refractivity contribution in [3.63, 3.8) is 0 Å². The van der Waals surface area contributed by atoms with Gasteiger partial charge >= 0.3 is 12.4 Å². The second-order valence-corrected chi connectivity index (χ2v) is 10.1. The van der Waals surface area contributed by atoms with Crippen molar-refractivity contribution in [2.45, 2.75) is 63.1 Å². The number of hydrogen-bond acceptors (Lipinski definition) is 3. The van der Waals surface area contributed by atoms with Gasteiger partial charge in [0.15, 0.2) is 0 Å². The van der Waals surface area contributed by atoms with Crippen LogP contribution in [0.25, 0.3) is 0 Å². The SMILES string of the molecule is CC(C)(C)n1ccc([C@@H]2C[C@@H](C(=O)Nc3ccc(C(F)(F)F)cc3)N[C@H]2c2cccc(C(F)(F)F)c2)n1. The summed E-state index contributed by atoms with van der Waals surface area (Å²) >= 11 is 0. The fourth-order valence-electron chi connectivity index (χ4n) is 4.38. The summed E-state index contributed by atoms with van der Waals surface area (Å²) in [6.07, 6.45) is -7.02. The van der Waals surface area contributed by atoms with Crippen molar-refractivity contribution in [3.05, 3.63) is 83.2 Å². The number of amides is 1. The van der Waals surface area contributed by atoms with E-state index in [9.17, 15) is 31.1 Å². The van der Waals surface area contributed by atoms with Crippen LogP contribution in [0.5, 0.6) is 0 Å². The van der Waals surface area contributed by atoms with E-state index < -0.39 is 47.4 Å². The Hall–Kier alpha value is -3.34. The first kappa shape index (κ1) is 26.7. The van der Waals surface area contributed by atoms with Crippen LogP contribution in [0.15, 0.2) is 60.8 Å². The van der Waals surface area contributed by atoms with Crippen LogP contribution in [0, 0.1) is 0 Å². The molecule has 11 heteroatoms. The Labute approximate surface area is 209 Å². The van der Waals surface area contributed by atoms with Crippen molar-refractivity contribution < 1.29 is 31.1 Å². The van der Waals surface area contributed by atoms with Gasteiger partial charge in [0.05, 0.1) is 28.4 Å². The molecule has 37 heavy (non-hydrogen) atoms. The maximum Gasteiger partial charge on any atom is 0.416 e. The number of rotatable bonds is 4. The molecule has 3 aromatic rings. The molecule has 2 aromatic carbocycles. The summed E-state index contributed by atoms with van der Waals surface area (Å²) in [5.74, 6) is -0.926. The van der Waals surface area contributed by atoms with Gasteiger partial charge in [0.2, 0.25) is 5.91 Å². The van der Waals surface area contributed by atoms with Gasteiger partial charge in [-0.25, -0.2) is 0 Å². The van der Waals surface area contributed by atoms with Gasteiger partial charge in [-0.3, -0.25) is 14.8 Å². The number of carbonyl (C=O) groups is 1. The Bertz CT molecular complexity index is 1260. The molecule has 1 aliphatic heterocycles. The molecule has 4 rings (SSSR count). The molecule has 1 saturated heterocycles. The highest BCUT2D eigenvalue weighted by atomic mass is 19.4. The van der Waals surface area contributed by atoms with Gasteiger partial charge in [-0.05, 0) is 75.2 Å². The smallest absolute Gasteiger partial charge is 0.325 e. The van der Waals surface area contributed by atoms with E-state index in [0.29, 0.717) is 11.3 Å². The van der Waals surface area contributed by atoms with Gasteiger partial charge in [0, 0.05) is 23.8 Å². The van der Waals surface area contributed by atoms with E-state index in [-0.39, 0.29) is 17.6 Å². The quantitative estimate of drug-likeness (QED) is 0.383. The molecule has 1 aliphatic rings. The van der Waals surface area contributed by atoms with Crippen LogP contribution in [0.4, 0.5) is 32.0 Å². The van der Waals surface area contributed by atoms with Crippen LogP contribution in [0.2, 0.25) is 0 Å². The molecule has 0 radical (unpaired) electrons. The predicted molar refractivity (Wildman–Crippen MR) is 126 cm³/mol. The first-order chi connectivity index (χ1) is 17.1. The van der Waals surface area contributed by atoms with Crippen LogP contribution in [-0.2, 0) is 22.7 Å². The average Bonchev–Trinajstić information content (AvgIpc) is 3.46. The highest BCUT2D eigenvalue weighted by Gasteiger charge is 2.41. The number of halogens is 6. The van der Waals surface area contributed by atoms with Crippen LogP contribution < -0.4 is 10.6 Å². The Morgan fingerprint density at radius 2 is 1.59 bits per heavy atom. The molecule has 0 bridgehead atoms. The molecule has 1 fully saturated rings. The fraction of sp³-hybridized carbons (Fsp3) is 0.385. The molecule has 0 aliphatic carbocycles. The predicted octanol–water partition coefficient (Wildman–Crippen LogP) is 6.50. The number of aromatic nitrogens is 2. The minimum atomic E-state index is -4.53. The number of alkyl halides is 6. The third kappa shape index (κ3) is 5.98. The number of benzene rings is 2. The van der Waals surface area contributed by atoms with Crippen LogP contribution in [0.1, 0.15) is 61.5 Å². The van der Waals surface area contributed by atoms with Crippen molar-refractivity contribution in [2.24, 2.45) is 0 Å². The van der Waals surface area contributed by atoms with E-state index in [4.69, 9.17) is 0 Å².